The van der Waals surface area contributed by atoms with Gasteiger partial charge in [0.05, 0.1) is 4.90 Å². The molecule has 2 aromatic rings. The highest BCUT2D eigenvalue weighted by atomic mass is 32.2. The summed E-state index contributed by atoms with van der Waals surface area (Å²) in [5, 5.41) is 3.76. The third kappa shape index (κ3) is 3.76. The van der Waals surface area contributed by atoms with Crippen molar-refractivity contribution in [3.63, 3.8) is 0 Å². The van der Waals surface area contributed by atoms with Crippen molar-refractivity contribution in [2.75, 3.05) is 13.1 Å². The van der Waals surface area contributed by atoms with Gasteiger partial charge >= 0.3 is 0 Å². The molecule has 1 heterocycles. The van der Waals surface area contributed by atoms with Crippen LogP contribution in [-0.2, 0) is 16.6 Å². The highest BCUT2D eigenvalue weighted by molar-refractivity contribution is 7.89. The average molecular weight is 411 g/mol. The summed E-state index contributed by atoms with van der Waals surface area (Å²) in [6.45, 7) is 2.15. The molecule has 2 aromatic carbocycles. The first-order valence-corrected chi connectivity index (χ1v) is 12.5. The third-order valence-electron chi connectivity index (χ3n) is 7.14. The Kier molecular flexibility index (Phi) is 5.23. The van der Waals surface area contributed by atoms with Gasteiger partial charge in [0.25, 0.3) is 0 Å². The van der Waals surface area contributed by atoms with Crippen molar-refractivity contribution in [2.45, 2.75) is 56.0 Å². The van der Waals surface area contributed by atoms with Crippen molar-refractivity contribution in [1.29, 1.82) is 0 Å². The molecular weight excluding hydrogens is 380 g/mol. The zero-order valence-electron chi connectivity index (χ0n) is 16.9. The molecule has 1 N–H and O–H groups in total. The van der Waals surface area contributed by atoms with Crippen molar-refractivity contribution in [3.05, 3.63) is 54.1 Å². The maximum Gasteiger partial charge on any atom is 0.243 e. The summed E-state index contributed by atoms with van der Waals surface area (Å²) in [4.78, 5) is 0.426. The van der Waals surface area contributed by atoms with Gasteiger partial charge in [-0.05, 0) is 61.1 Å². The molecule has 0 aromatic heterocycles. The van der Waals surface area contributed by atoms with Gasteiger partial charge in [-0.2, -0.15) is 4.31 Å². The fourth-order valence-electron chi connectivity index (χ4n) is 5.54. The minimum absolute atomic E-state index is 0.426. The van der Waals surface area contributed by atoms with E-state index in [0.717, 1.165) is 42.3 Å². The highest BCUT2D eigenvalue weighted by Crippen LogP contribution is 2.44. The minimum atomic E-state index is -3.43. The lowest BCUT2D eigenvalue weighted by atomic mass is 9.95. The van der Waals surface area contributed by atoms with E-state index >= 15 is 0 Å². The Bertz CT molecular complexity index is 965. The summed E-state index contributed by atoms with van der Waals surface area (Å²) in [5.41, 5.74) is 3.02. The molecule has 3 unspecified atom stereocenters. The zero-order chi connectivity index (χ0) is 19.8. The Morgan fingerprint density at radius 1 is 0.931 bits per heavy atom. The lowest BCUT2D eigenvalue weighted by Crippen LogP contribution is -2.33. The molecule has 5 rings (SSSR count). The van der Waals surface area contributed by atoms with Crippen LogP contribution in [0.5, 0.6) is 0 Å². The van der Waals surface area contributed by atoms with Crippen molar-refractivity contribution in [3.8, 4) is 11.1 Å². The maximum absolute atomic E-state index is 13.1. The molecule has 0 spiro atoms. The van der Waals surface area contributed by atoms with E-state index in [9.17, 15) is 8.42 Å². The molecule has 154 valence electrons. The van der Waals surface area contributed by atoms with Gasteiger partial charge in [-0.25, -0.2) is 8.42 Å². The van der Waals surface area contributed by atoms with Gasteiger partial charge in [0.1, 0.15) is 0 Å². The van der Waals surface area contributed by atoms with E-state index in [-0.39, 0.29) is 0 Å². The number of rotatable bonds is 6. The Labute approximate surface area is 174 Å². The van der Waals surface area contributed by atoms with Crippen LogP contribution in [0.25, 0.3) is 11.1 Å². The molecule has 3 atom stereocenters. The van der Waals surface area contributed by atoms with Crippen molar-refractivity contribution < 1.29 is 8.42 Å². The molecule has 3 aliphatic rings. The average Bonchev–Trinajstić information content (AvgIpc) is 3.51. The van der Waals surface area contributed by atoms with Crippen LogP contribution < -0.4 is 5.32 Å². The smallest absolute Gasteiger partial charge is 0.243 e. The van der Waals surface area contributed by atoms with E-state index in [0.29, 0.717) is 24.0 Å². The van der Waals surface area contributed by atoms with E-state index in [1.807, 2.05) is 18.2 Å². The fourth-order valence-corrected chi connectivity index (χ4v) is 7.27. The van der Waals surface area contributed by atoms with E-state index in [2.05, 4.69) is 29.6 Å². The number of fused-ring (bicyclic) bond motifs is 2. The Morgan fingerprint density at radius 3 is 2.38 bits per heavy atom. The second-order valence-electron chi connectivity index (χ2n) is 8.97. The number of hydrogen-bond acceptors (Lipinski definition) is 3. The van der Waals surface area contributed by atoms with Crippen LogP contribution in [-0.4, -0.2) is 31.9 Å². The minimum Gasteiger partial charge on any atom is -0.310 e. The molecule has 2 bridgehead atoms. The van der Waals surface area contributed by atoms with Gasteiger partial charge < -0.3 is 5.32 Å². The normalized spacial score (nSPS) is 27.0. The van der Waals surface area contributed by atoms with Crippen LogP contribution in [0.15, 0.2) is 53.4 Å². The standard InChI is InChI=1S/C24H30N2O2S/c27-29(28,26-13-3-4-14-26)24-6-2-1-5-22(24)20-10-7-18(8-11-20)17-25-23-16-19-9-12-21(23)15-19/h1-2,5-8,10-11,19,21,23,25H,3-4,9,12-17H2. The second kappa shape index (κ2) is 7.86. The largest absolute Gasteiger partial charge is 0.310 e. The first kappa shape index (κ1) is 19.3. The number of nitrogens with zero attached hydrogens (tertiary/aromatic N) is 1. The monoisotopic (exact) mass is 410 g/mol. The molecule has 1 aliphatic heterocycles. The summed E-state index contributed by atoms with van der Waals surface area (Å²) < 4.78 is 27.9. The summed E-state index contributed by atoms with van der Waals surface area (Å²) in [6, 6.07) is 16.5. The van der Waals surface area contributed by atoms with Crippen molar-refractivity contribution in [1.82, 2.24) is 9.62 Å². The van der Waals surface area contributed by atoms with Crippen molar-refractivity contribution >= 4 is 10.0 Å². The predicted molar refractivity (Wildman–Crippen MR) is 116 cm³/mol. The molecule has 1 saturated heterocycles. The van der Waals surface area contributed by atoms with E-state index in [1.54, 1.807) is 10.4 Å². The molecule has 0 radical (unpaired) electrons. The SMILES string of the molecule is O=S(=O)(c1ccccc1-c1ccc(CNC2CC3CCC2C3)cc1)N1CCCC1. The van der Waals surface area contributed by atoms with E-state index in [1.165, 1.54) is 31.2 Å². The first-order chi connectivity index (χ1) is 14.1. The van der Waals surface area contributed by atoms with Crippen LogP contribution >= 0.6 is 0 Å². The maximum atomic E-state index is 13.1. The number of benzene rings is 2. The van der Waals surface area contributed by atoms with E-state index < -0.39 is 10.0 Å². The summed E-state index contributed by atoms with van der Waals surface area (Å²) in [5.74, 6) is 1.83. The number of hydrogen-bond donors (Lipinski definition) is 1. The lowest BCUT2D eigenvalue weighted by Gasteiger charge is -2.23. The van der Waals surface area contributed by atoms with Gasteiger partial charge in [-0.3, -0.25) is 0 Å². The molecule has 2 saturated carbocycles. The molecule has 2 aliphatic carbocycles. The van der Waals surface area contributed by atoms with Gasteiger partial charge in [0.15, 0.2) is 0 Å². The topological polar surface area (TPSA) is 49.4 Å². The lowest BCUT2D eigenvalue weighted by molar-refractivity contribution is 0.351. The van der Waals surface area contributed by atoms with Gasteiger partial charge in [-0.1, -0.05) is 48.9 Å². The van der Waals surface area contributed by atoms with Crippen LogP contribution in [0.4, 0.5) is 0 Å². The Morgan fingerprint density at radius 2 is 1.69 bits per heavy atom. The molecule has 5 heteroatoms. The summed E-state index contributed by atoms with van der Waals surface area (Å²) >= 11 is 0. The Balaban J connectivity index is 1.32. The molecule has 3 fully saturated rings. The third-order valence-corrected chi connectivity index (χ3v) is 9.10. The molecule has 29 heavy (non-hydrogen) atoms. The molecule has 0 amide bonds. The first-order valence-electron chi connectivity index (χ1n) is 11.0. The zero-order valence-corrected chi connectivity index (χ0v) is 17.7. The van der Waals surface area contributed by atoms with Crippen LogP contribution in [0.1, 0.15) is 44.1 Å². The van der Waals surface area contributed by atoms with Crippen molar-refractivity contribution in [2.24, 2.45) is 11.8 Å². The van der Waals surface area contributed by atoms with Gasteiger partial charge in [0.2, 0.25) is 10.0 Å². The van der Waals surface area contributed by atoms with Gasteiger partial charge in [0, 0.05) is 31.2 Å². The predicted octanol–water partition coefficient (Wildman–Crippen LogP) is 4.42. The second-order valence-corrected chi connectivity index (χ2v) is 10.9. The van der Waals surface area contributed by atoms with Crippen LogP contribution in [0.2, 0.25) is 0 Å². The summed E-state index contributed by atoms with van der Waals surface area (Å²) in [6.07, 6.45) is 7.47. The quantitative estimate of drug-likeness (QED) is 0.767. The highest BCUT2D eigenvalue weighted by Gasteiger charge is 2.39. The number of nitrogens with one attached hydrogen (secondary N) is 1. The van der Waals surface area contributed by atoms with Crippen LogP contribution in [0, 0.1) is 11.8 Å². The fraction of sp³-hybridized carbons (Fsp3) is 0.500. The Hall–Kier alpha value is -1.69. The molecular formula is C24H30N2O2S. The van der Waals surface area contributed by atoms with Crippen LogP contribution in [0.3, 0.4) is 0 Å². The number of sulfonamides is 1. The van der Waals surface area contributed by atoms with Gasteiger partial charge in [-0.15, -0.1) is 0 Å². The molecule has 4 nitrogen and oxygen atoms in total. The van der Waals surface area contributed by atoms with E-state index in [4.69, 9.17) is 0 Å². The summed E-state index contributed by atoms with van der Waals surface area (Å²) in [7, 11) is -3.43.